The molecule has 0 heterocycles. The van der Waals surface area contributed by atoms with Crippen LogP contribution >= 0.6 is 0 Å². The van der Waals surface area contributed by atoms with Crippen molar-refractivity contribution in [3.63, 3.8) is 0 Å². The molecule has 7 nitrogen and oxygen atoms in total. The number of aliphatic hydroxyl groups is 2. The van der Waals surface area contributed by atoms with Crippen molar-refractivity contribution in [1.29, 1.82) is 0 Å². The van der Waals surface area contributed by atoms with Gasteiger partial charge in [0.25, 0.3) is 5.91 Å². The first-order valence-electron chi connectivity index (χ1n) is 12.1. The van der Waals surface area contributed by atoms with Gasteiger partial charge in [-0.25, -0.2) is 4.79 Å². The number of nitrogens with one attached hydrogen (secondary N) is 1. The normalized spacial score (nSPS) is 13.0. The van der Waals surface area contributed by atoms with E-state index in [1.165, 1.54) is 83.5 Å². The summed E-state index contributed by atoms with van der Waals surface area (Å²) < 4.78 is 4.76. The van der Waals surface area contributed by atoms with Crippen molar-refractivity contribution in [2.24, 2.45) is 5.73 Å². The first-order valence-corrected chi connectivity index (χ1v) is 12.1. The molecule has 0 saturated heterocycles. The maximum atomic E-state index is 11.6. The lowest BCUT2D eigenvalue weighted by Gasteiger charge is -2.18. The highest BCUT2D eigenvalue weighted by atomic mass is 16.6. The highest BCUT2D eigenvalue weighted by Gasteiger charge is 2.28. The van der Waals surface area contributed by atoms with Crippen LogP contribution in [-0.2, 0) is 9.53 Å². The molecule has 0 aromatic rings. The molecule has 0 aromatic carbocycles. The number of primary amides is 1. The van der Waals surface area contributed by atoms with Crippen molar-refractivity contribution in [1.82, 2.24) is 5.32 Å². The van der Waals surface area contributed by atoms with E-state index in [9.17, 15) is 14.7 Å². The van der Waals surface area contributed by atoms with E-state index in [0.29, 0.717) is 6.54 Å². The standard InChI is InChI=1S/C23H46N2O5/c1-2-3-4-5-6-7-8-9-10-11-12-13-14-15-16-17-18-25-23(29)30-21(22(24)28)20(27)19-26/h20-21,26-27H,2-19H2,1H3,(H2,24,28)(H,25,29). The lowest BCUT2D eigenvalue weighted by molar-refractivity contribution is -0.133. The SMILES string of the molecule is CCCCCCCCCCCCCCCCCCNC(=O)OC(C(N)=O)C(O)CO. The fourth-order valence-electron chi connectivity index (χ4n) is 3.44. The molecule has 5 N–H and O–H groups in total. The summed E-state index contributed by atoms with van der Waals surface area (Å²) in [6.07, 6.45) is 16.7. The Morgan fingerprint density at radius 3 is 1.57 bits per heavy atom. The molecule has 2 atom stereocenters. The topological polar surface area (TPSA) is 122 Å². The summed E-state index contributed by atoms with van der Waals surface area (Å²) >= 11 is 0. The molecule has 0 aliphatic heterocycles. The lowest BCUT2D eigenvalue weighted by Crippen LogP contribution is -2.46. The summed E-state index contributed by atoms with van der Waals surface area (Å²) in [6.45, 7) is 1.99. The number of carbonyl (C=O) groups excluding carboxylic acids is 2. The van der Waals surface area contributed by atoms with Gasteiger partial charge in [-0.1, -0.05) is 103 Å². The number of alkyl carbamates (subject to hydrolysis) is 1. The van der Waals surface area contributed by atoms with Gasteiger partial charge in [0.2, 0.25) is 6.10 Å². The maximum Gasteiger partial charge on any atom is 0.408 e. The van der Waals surface area contributed by atoms with Crippen LogP contribution < -0.4 is 11.1 Å². The number of hydrogen-bond acceptors (Lipinski definition) is 5. The van der Waals surface area contributed by atoms with Gasteiger partial charge in [-0.05, 0) is 6.42 Å². The molecule has 30 heavy (non-hydrogen) atoms. The zero-order valence-corrected chi connectivity index (χ0v) is 19.1. The first kappa shape index (κ1) is 28.7. The van der Waals surface area contributed by atoms with Crippen LogP contribution in [0.5, 0.6) is 0 Å². The third-order valence-corrected chi connectivity index (χ3v) is 5.35. The largest absolute Gasteiger partial charge is 0.433 e. The smallest absolute Gasteiger partial charge is 0.408 e. The molecule has 0 rings (SSSR count). The number of ether oxygens (including phenoxy) is 1. The number of unbranched alkanes of at least 4 members (excludes halogenated alkanes) is 15. The molecule has 2 amide bonds. The van der Waals surface area contributed by atoms with Crippen molar-refractivity contribution < 1.29 is 24.5 Å². The summed E-state index contributed by atoms with van der Waals surface area (Å²) in [7, 11) is 0. The van der Waals surface area contributed by atoms with Crippen molar-refractivity contribution in [2.45, 2.75) is 122 Å². The van der Waals surface area contributed by atoms with Crippen LogP contribution in [0.15, 0.2) is 0 Å². The number of amides is 2. The molecule has 2 unspecified atom stereocenters. The van der Waals surface area contributed by atoms with Crippen molar-refractivity contribution in [2.75, 3.05) is 13.2 Å². The Morgan fingerprint density at radius 1 is 0.800 bits per heavy atom. The minimum absolute atomic E-state index is 0.442. The van der Waals surface area contributed by atoms with Crippen LogP contribution in [0.25, 0.3) is 0 Å². The number of aliphatic hydroxyl groups excluding tert-OH is 2. The van der Waals surface area contributed by atoms with Crippen LogP contribution in [0.1, 0.15) is 110 Å². The summed E-state index contributed by atoms with van der Waals surface area (Å²) in [5.41, 5.74) is 5.04. The van der Waals surface area contributed by atoms with Crippen LogP contribution in [0.4, 0.5) is 4.79 Å². The molecule has 0 bridgehead atoms. The van der Waals surface area contributed by atoms with Gasteiger partial charge in [0, 0.05) is 6.54 Å². The molecule has 0 aliphatic rings. The molecule has 0 aromatic heterocycles. The second kappa shape index (κ2) is 20.9. The lowest BCUT2D eigenvalue weighted by atomic mass is 10.0. The molecule has 0 aliphatic carbocycles. The minimum Gasteiger partial charge on any atom is -0.433 e. The second-order valence-electron chi connectivity index (χ2n) is 8.21. The Kier molecular flexibility index (Phi) is 20.0. The van der Waals surface area contributed by atoms with Gasteiger partial charge in [-0.2, -0.15) is 0 Å². The maximum absolute atomic E-state index is 11.6. The van der Waals surface area contributed by atoms with Gasteiger partial charge >= 0.3 is 6.09 Å². The van der Waals surface area contributed by atoms with Gasteiger partial charge < -0.3 is 26.0 Å². The van der Waals surface area contributed by atoms with E-state index in [1.54, 1.807) is 0 Å². The predicted octanol–water partition coefficient (Wildman–Crippen LogP) is 4.18. The second-order valence-corrected chi connectivity index (χ2v) is 8.21. The number of hydrogen-bond donors (Lipinski definition) is 4. The number of carbonyl (C=O) groups is 2. The Morgan fingerprint density at radius 2 is 1.20 bits per heavy atom. The van der Waals surface area contributed by atoms with Crippen LogP contribution in [0.3, 0.4) is 0 Å². The molecule has 0 fully saturated rings. The van der Waals surface area contributed by atoms with E-state index in [4.69, 9.17) is 15.6 Å². The van der Waals surface area contributed by atoms with Crippen molar-refractivity contribution >= 4 is 12.0 Å². The van der Waals surface area contributed by atoms with Crippen LogP contribution in [0.2, 0.25) is 0 Å². The summed E-state index contributed by atoms with van der Waals surface area (Å²) in [5, 5.41) is 20.8. The Labute approximate surface area is 183 Å². The molecular weight excluding hydrogens is 384 g/mol. The van der Waals surface area contributed by atoms with Crippen LogP contribution in [-0.4, -0.2) is 47.6 Å². The van der Waals surface area contributed by atoms with E-state index < -0.39 is 30.8 Å². The van der Waals surface area contributed by atoms with Gasteiger partial charge in [0.05, 0.1) is 6.61 Å². The predicted molar refractivity (Wildman–Crippen MR) is 120 cm³/mol. The molecule has 7 heteroatoms. The fourth-order valence-corrected chi connectivity index (χ4v) is 3.44. The third-order valence-electron chi connectivity index (χ3n) is 5.35. The Bertz CT molecular complexity index is 420. The monoisotopic (exact) mass is 430 g/mol. The summed E-state index contributed by atoms with van der Waals surface area (Å²) in [6, 6.07) is 0. The van der Waals surface area contributed by atoms with E-state index in [-0.39, 0.29) is 0 Å². The van der Waals surface area contributed by atoms with Gasteiger partial charge in [0.1, 0.15) is 6.10 Å². The first-order chi connectivity index (χ1) is 14.5. The third kappa shape index (κ3) is 17.5. The highest BCUT2D eigenvalue weighted by Crippen LogP contribution is 2.13. The summed E-state index contributed by atoms with van der Waals surface area (Å²) in [5.74, 6) is -0.992. The van der Waals surface area contributed by atoms with E-state index in [0.717, 1.165) is 19.3 Å². The minimum atomic E-state index is -1.54. The quantitative estimate of drug-likeness (QED) is 0.203. The van der Waals surface area contributed by atoms with Gasteiger partial charge in [0.15, 0.2) is 0 Å². The molecular formula is C23H46N2O5. The Balaban J connectivity index is 3.38. The van der Waals surface area contributed by atoms with Crippen molar-refractivity contribution in [3.05, 3.63) is 0 Å². The van der Waals surface area contributed by atoms with Gasteiger partial charge in [-0.15, -0.1) is 0 Å². The van der Waals surface area contributed by atoms with E-state index in [2.05, 4.69) is 12.2 Å². The Hall–Kier alpha value is -1.34. The number of nitrogens with two attached hydrogens (primary N) is 1. The van der Waals surface area contributed by atoms with E-state index in [1.807, 2.05) is 0 Å². The molecule has 0 saturated carbocycles. The molecule has 178 valence electrons. The highest BCUT2D eigenvalue weighted by molar-refractivity contribution is 5.82. The average molecular weight is 431 g/mol. The summed E-state index contributed by atoms with van der Waals surface area (Å²) in [4.78, 5) is 22.7. The van der Waals surface area contributed by atoms with Crippen LogP contribution in [0, 0.1) is 0 Å². The van der Waals surface area contributed by atoms with Crippen molar-refractivity contribution in [3.8, 4) is 0 Å². The van der Waals surface area contributed by atoms with E-state index >= 15 is 0 Å². The fraction of sp³-hybridized carbons (Fsp3) is 0.913. The number of rotatable bonds is 21. The van der Waals surface area contributed by atoms with Gasteiger partial charge in [-0.3, -0.25) is 4.79 Å². The zero-order valence-electron chi connectivity index (χ0n) is 19.1. The zero-order chi connectivity index (χ0) is 22.5. The molecule has 0 spiro atoms. The average Bonchev–Trinajstić information content (AvgIpc) is 2.73. The molecule has 0 radical (unpaired) electrons.